The highest BCUT2D eigenvalue weighted by atomic mass is 19.1. The van der Waals surface area contributed by atoms with Gasteiger partial charge in [0.05, 0.1) is 5.69 Å². The molecule has 1 aliphatic heterocycles. The summed E-state index contributed by atoms with van der Waals surface area (Å²) in [4.78, 5) is 2.21. The van der Waals surface area contributed by atoms with Crippen molar-refractivity contribution in [2.45, 2.75) is 52.0 Å². The van der Waals surface area contributed by atoms with Gasteiger partial charge in [-0.2, -0.15) is 0 Å². The first-order valence-electron chi connectivity index (χ1n) is 7.89. The van der Waals surface area contributed by atoms with Crippen molar-refractivity contribution in [3.63, 3.8) is 0 Å². The lowest BCUT2D eigenvalue weighted by Gasteiger charge is -2.24. The SMILES string of the molecule is CCC1CCCN(c2ccc(CC(C)N)cc2F)CC1. The molecule has 3 heteroatoms. The van der Waals surface area contributed by atoms with Gasteiger partial charge in [0, 0.05) is 19.1 Å². The summed E-state index contributed by atoms with van der Waals surface area (Å²) in [5, 5.41) is 0. The number of halogens is 1. The molecule has 1 heterocycles. The fourth-order valence-electron chi connectivity index (χ4n) is 3.12. The molecule has 2 unspecified atom stereocenters. The van der Waals surface area contributed by atoms with Crippen LogP contribution < -0.4 is 10.6 Å². The number of hydrogen-bond donors (Lipinski definition) is 1. The summed E-state index contributed by atoms with van der Waals surface area (Å²) in [6, 6.07) is 5.67. The molecule has 1 fully saturated rings. The largest absolute Gasteiger partial charge is 0.369 e. The van der Waals surface area contributed by atoms with Crippen molar-refractivity contribution in [3.05, 3.63) is 29.6 Å². The maximum absolute atomic E-state index is 14.3. The maximum Gasteiger partial charge on any atom is 0.146 e. The van der Waals surface area contributed by atoms with Gasteiger partial charge in [-0.25, -0.2) is 4.39 Å². The Kier molecular flexibility index (Phi) is 5.41. The predicted molar refractivity (Wildman–Crippen MR) is 83.6 cm³/mol. The summed E-state index contributed by atoms with van der Waals surface area (Å²) in [5.74, 6) is 0.707. The molecule has 112 valence electrons. The molecule has 2 nitrogen and oxygen atoms in total. The van der Waals surface area contributed by atoms with Crippen LogP contribution in [0.3, 0.4) is 0 Å². The van der Waals surface area contributed by atoms with Gasteiger partial charge in [-0.1, -0.05) is 19.4 Å². The molecule has 1 aromatic rings. The van der Waals surface area contributed by atoms with E-state index in [9.17, 15) is 4.39 Å². The smallest absolute Gasteiger partial charge is 0.146 e. The highest BCUT2D eigenvalue weighted by Gasteiger charge is 2.18. The zero-order valence-electron chi connectivity index (χ0n) is 12.7. The van der Waals surface area contributed by atoms with Gasteiger partial charge in [0.25, 0.3) is 0 Å². The Balaban J connectivity index is 2.08. The average molecular weight is 278 g/mol. The average Bonchev–Trinajstić information content (AvgIpc) is 2.63. The van der Waals surface area contributed by atoms with E-state index >= 15 is 0 Å². The molecule has 2 atom stereocenters. The third-order valence-corrected chi connectivity index (χ3v) is 4.34. The van der Waals surface area contributed by atoms with Crippen LogP contribution in [0.2, 0.25) is 0 Å². The monoisotopic (exact) mass is 278 g/mol. The second-order valence-corrected chi connectivity index (χ2v) is 6.16. The van der Waals surface area contributed by atoms with Gasteiger partial charge in [0.15, 0.2) is 0 Å². The summed E-state index contributed by atoms with van der Waals surface area (Å²) in [7, 11) is 0. The molecule has 20 heavy (non-hydrogen) atoms. The van der Waals surface area contributed by atoms with Crippen molar-refractivity contribution in [1.82, 2.24) is 0 Å². The molecule has 2 N–H and O–H groups in total. The minimum Gasteiger partial charge on any atom is -0.369 e. The lowest BCUT2D eigenvalue weighted by atomic mass is 9.98. The van der Waals surface area contributed by atoms with Crippen LogP contribution in [0.5, 0.6) is 0 Å². The molecule has 2 rings (SSSR count). The van der Waals surface area contributed by atoms with Gasteiger partial charge >= 0.3 is 0 Å². The Bertz CT molecular complexity index is 431. The van der Waals surface area contributed by atoms with E-state index in [0.29, 0.717) is 0 Å². The van der Waals surface area contributed by atoms with E-state index < -0.39 is 0 Å². The zero-order valence-corrected chi connectivity index (χ0v) is 12.7. The fraction of sp³-hybridized carbons (Fsp3) is 0.647. The van der Waals surface area contributed by atoms with Gasteiger partial charge in [-0.15, -0.1) is 0 Å². The highest BCUT2D eigenvalue weighted by molar-refractivity contribution is 5.49. The molecule has 0 spiro atoms. The Labute approximate surface area is 122 Å². The molecular weight excluding hydrogens is 251 g/mol. The van der Waals surface area contributed by atoms with Crippen molar-refractivity contribution < 1.29 is 4.39 Å². The van der Waals surface area contributed by atoms with Crippen LogP contribution in [0.25, 0.3) is 0 Å². The molecule has 0 aromatic heterocycles. The summed E-state index contributed by atoms with van der Waals surface area (Å²) in [6.45, 7) is 6.15. The van der Waals surface area contributed by atoms with Crippen LogP contribution >= 0.6 is 0 Å². The standard InChI is InChI=1S/C17H27FN2/c1-3-14-5-4-9-20(10-8-14)17-7-6-15(11-13(2)19)12-16(17)18/h6-7,12-14H,3-5,8-11,19H2,1-2H3. The summed E-state index contributed by atoms with van der Waals surface area (Å²) in [6.07, 6.45) is 5.59. The number of nitrogens with zero attached hydrogens (tertiary/aromatic N) is 1. The van der Waals surface area contributed by atoms with Crippen molar-refractivity contribution in [2.24, 2.45) is 11.7 Å². The lowest BCUT2D eigenvalue weighted by molar-refractivity contribution is 0.459. The first kappa shape index (κ1) is 15.3. The molecular formula is C17H27FN2. The number of benzene rings is 1. The normalized spacial score (nSPS) is 21.6. The molecule has 0 radical (unpaired) electrons. The molecule has 1 saturated heterocycles. The van der Waals surface area contributed by atoms with E-state index in [0.717, 1.165) is 36.7 Å². The Morgan fingerprint density at radius 2 is 2.15 bits per heavy atom. The quantitative estimate of drug-likeness (QED) is 0.909. The van der Waals surface area contributed by atoms with Crippen LogP contribution in [0.1, 0.15) is 45.1 Å². The third-order valence-electron chi connectivity index (χ3n) is 4.34. The molecule has 0 aliphatic carbocycles. The Morgan fingerprint density at radius 1 is 1.35 bits per heavy atom. The van der Waals surface area contributed by atoms with Crippen LogP contribution in [0.4, 0.5) is 10.1 Å². The summed E-state index contributed by atoms with van der Waals surface area (Å²) in [5.41, 5.74) is 7.52. The van der Waals surface area contributed by atoms with E-state index in [1.807, 2.05) is 19.1 Å². The second-order valence-electron chi connectivity index (χ2n) is 6.16. The van der Waals surface area contributed by atoms with Gasteiger partial charge in [0.2, 0.25) is 0 Å². The van der Waals surface area contributed by atoms with Crippen LogP contribution in [0.15, 0.2) is 18.2 Å². The van der Waals surface area contributed by atoms with Crippen molar-refractivity contribution in [3.8, 4) is 0 Å². The predicted octanol–water partition coefficient (Wildman–Crippen LogP) is 3.73. The summed E-state index contributed by atoms with van der Waals surface area (Å²) >= 11 is 0. The Morgan fingerprint density at radius 3 is 2.80 bits per heavy atom. The minimum atomic E-state index is -0.0990. The molecule has 0 bridgehead atoms. The zero-order chi connectivity index (χ0) is 14.5. The van der Waals surface area contributed by atoms with Gasteiger partial charge in [-0.3, -0.25) is 0 Å². The molecule has 0 amide bonds. The fourth-order valence-corrected chi connectivity index (χ4v) is 3.12. The highest BCUT2D eigenvalue weighted by Crippen LogP contribution is 2.27. The van der Waals surface area contributed by atoms with E-state index in [1.165, 1.54) is 25.7 Å². The van der Waals surface area contributed by atoms with Gasteiger partial charge in [-0.05, 0) is 56.2 Å². The first-order valence-corrected chi connectivity index (χ1v) is 7.89. The molecule has 0 saturated carbocycles. The van der Waals surface area contributed by atoms with Gasteiger partial charge in [0.1, 0.15) is 5.82 Å². The Hall–Kier alpha value is -1.09. The molecule has 1 aliphatic rings. The van der Waals surface area contributed by atoms with E-state index in [2.05, 4.69) is 11.8 Å². The van der Waals surface area contributed by atoms with Gasteiger partial charge < -0.3 is 10.6 Å². The maximum atomic E-state index is 14.3. The van der Waals surface area contributed by atoms with Crippen molar-refractivity contribution >= 4 is 5.69 Å². The molecule has 1 aromatic carbocycles. The lowest BCUT2D eigenvalue weighted by Crippen LogP contribution is -2.25. The summed E-state index contributed by atoms with van der Waals surface area (Å²) < 4.78 is 14.3. The topological polar surface area (TPSA) is 29.3 Å². The van der Waals surface area contributed by atoms with Crippen LogP contribution in [-0.2, 0) is 6.42 Å². The van der Waals surface area contributed by atoms with Crippen molar-refractivity contribution in [2.75, 3.05) is 18.0 Å². The van der Waals surface area contributed by atoms with E-state index in [4.69, 9.17) is 5.73 Å². The first-order chi connectivity index (χ1) is 9.60. The van der Waals surface area contributed by atoms with Crippen LogP contribution in [-0.4, -0.2) is 19.1 Å². The van der Waals surface area contributed by atoms with E-state index in [-0.39, 0.29) is 11.9 Å². The minimum absolute atomic E-state index is 0.0729. The number of hydrogen-bond acceptors (Lipinski definition) is 2. The van der Waals surface area contributed by atoms with Crippen LogP contribution in [0, 0.1) is 11.7 Å². The number of nitrogens with two attached hydrogens (primary N) is 1. The third kappa shape index (κ3) is 3.95. The number of anilines is 1. The van der Waals surface area contributed by atoms with E-state index in [1.54, 1.807) is 6.07 Å². The number of rotatable bonds is 4. The van der Waals surface area contributed by atoms with Crippen molar-refractivity contribution in [1.29, 1.82) is 0 Å². The second kappa shape index (κ2) is 7.07.